The number of amides is 2. The maximum absolute atomic E-state index is 12.2. The van der Waals surface area contributed by atoms with Crippen molar-refractivity contribution in [1.29, 1.82) is 0 Å². The molecule has 0 atom stereocenters. The molecule has 1 fully saturated rings. The number of morpholine rings is 1. The molecule has 8 heteroatoms. The lowest BCUT2D eigenvalue weighted by atomic mass is 10.3. The summed E-state index contributed by atoms with van der Waals surface area (Å²) >= 11 is 5.88. The number of imidazole rings is 1. The first-order valence-corrected chi connectivity index (χ1v) is 10.6. The molecule has 0 radical (unpaired) electrons. The van der Waals surface area contributed by atoms with E-state index >= 15 is 0 Å². The van der Waals surface area contributed by atoms with E-state index in [0.717, 1.165) is 56.3 Å². The zero-order valence-corrected chi connectivity index (χ0v) is 17.6. The van der Waals surface area contributed by atoms with E-state index in [-0.39, 0.29) is 6.03 Å². The summed E-state index contributed by atoms with van der Waals surface area (Å²) in [6.45, 7) is 5.85. The first kappa shape index (κ1) is 20.7. The van der Waals surface area contributed by atoms with Crippen LogP contribution in [-0.2, 0) is 17.7 Å². The highest BCUT2D eigenvalue weighted by atomic mass is 35.5. The van der Waals surface area contributed by atoms with Gasteiger partial charge < -0.3 is 19.9 Å². The third-order valence-electron chi connectivity index (χ3n) is 5.21. The zero-order valence-electron chi connectivity index (χ0n) is 16.8. The van der Waals surface area contributed by atoms with Gasteiger partial charge in [-0.25, -0.2) is 9.78 Å². The fraction of sp³-hybridized carbons (Fsp3) is 0.364. The molecule has 0 saturated carbocycles. The number of nitrogens with one attached hydrogen (secondary N) is 2. The molecule has 4 rings (SSSR count). The topological polar surface area (TPSA) is 71.4 Å². The van der Waals surface area contributed by atoms with Crippen molar-refractivity contribution in [2.75, 3.05) is 44.7 Å². The number of carbonyl (C=O) groups excluding carboxylic acids is 1. The number of para-hydroxylation sites is 2. The van der Waals surface area contributed by atoms with Gasteiger partial charge >= 0.3 is 6.03 Å². The second kappa shape index (κ2) is 9.93. The van der Waals surface area contributed by atoms with Crippen LogP contribution in [0.1, 0.15) is 5.82 Å². The summed E-state index contributed by atoms with van der Waals surface area (Å²) < 4.78 is 7.71. The van der Waals surface area contributed by atoms with E-state index in [1.807, 2.05) is 18.2 Å². The van der Waals surface area contributed by atoms with Gasteiger partial charge in [0.2, 0.25) is 0 Å². The number of urea groups is 1. The van der Waals surface area contributed by atoms with Gasteiger partial charge in [-0.05, 0) is 36.4 Å². The van der Waals surface area contributed by atoms with E-state index in [1.165, 1.54) is 0 Å². The van der Waals surface area contributed by atoms with Crippen molar-refractivity contribution in [3.8, 4) is 0 Å². The van der Waals surface area contributed by atoms with Crippen molar-refractivity contribution in [2.45, 2.75) is 13.0 Å². The Morgan fingerprint density at radius 1 is 1.07 bits per heavy atom. The minimum absolute atomic E-state index is 0.242. The van der Waals surface area contributed by atoms with Gasteiger partial charge in [-0.3, -0.25) is 4.90 Å². The molecule has 0 unspecified atom stereocenters. The van der Waals surface area contributed by atoms with E-state index < -0.39 is 0 Å². The highest BCUT2D eigenvalue weighted by Gasteiger charge is 2.14. The first-order valence-electron chi connectivity index (χ1n) is 10.2. The molecule has 1 saturated heterocycles. The van der Waals surface area contributed by atoms with Crippen molar-refractivity contribution in [2.24, 2.45) is 0 Å². The van der Waals surface area contributed by atoms with Gasteiger partial charge in [0.05, 0.1) is 24.2 Å². The number of nitrogens with zero attached hydrogens (tertiary/aromatic N) is 3. The maximum atomic E-state index is 12.2. The number of halogens is 1. The molecule has 2 heterocycles. The molecule has 2 amide bonds. The normalized spacial score (nSPS) is 14.7. The summed E-state index contributed by atoms with van der Waals surface area (Å²) in [5, 5.41) is 6.35. The van der Waals surface area contributed by atoms with E-state index in [2.05, 4.69) is 26.2 Å². The molecule has 2 aromatic carbocycles. The van der Waals surface area contributed by atoms with Crippen LogP contribution in [0.3, 0.4) is 0 Å². The molecular weight excluding hydrogens is 402 g/mol. The summed E-state index contributed by atoms with van der Waals surface area (Å²) in [7, 11) is 0. The minimum atomic E-state index is -0.242. The van der Waals surface area contributed by atoms with Crippen molar-refractivity contribution in [1.82, 2.24) is 19.8 Å². The van der Waals surface area contributed by atoms with E-state index in [9.17, 15) is 4.79 Å². The summed E-state index contributed by atoms with van der Waals surface area (Å²) in [5.41, 5.74) is 2.82. The molecule has 1 aliphatic heterocycles. The van der Waals surface area contributed by atoms with Gasteiger partial charge in [-0.15, -0.1) is 0 Å². The smallest absolute Gasteiger partial charge is 0.319 e. The second-order valence-corrected chi connectivity index (χ2v) is 7.70. The Morgan fingerprint density at radius 3 is 2.63 bits per heavy atom. The number of hydrogen-bond donors (Lipinski definition) is 2. The third-order valence-corrected chi connectivity index (χ3v) is 5.47. The average Bonchev–Trinajstić information content (AvgIpc) is 3.12. The lowest BCUT2D eigenvalue weighted by Gasteiger charge is -2.27. The van der Waals surface area contributed by atoms with Crippen LogP contribution in [0.25, 0.3) is 11.0 Å². The SMILES string of the molecule is O=C(NCCc1nc2ccccc2n1CCN1CCOCC1)Nc1ccc(Cl)cc1. The Labute approximate surface area is 181 Å². The number of fused-ring (bicyclic) bond motifs is 1. The number of carbonyl (C=O) groups is 1. The van der Waals surface area contributed by atoms with Crippen molar-refractivity contribution in [3.63, 3.8) is 0 Å². The minimum Gasteiger partial charge on any atom is -0.379 e. The molecule has 1 aromatic heterocycles. The van der Waals surface area contributed by atoms with Gasteiger partial charge in [0.1, 0.15) is 5.82 Å². The Balaban J connectivity index is 1.36. The number of ether oxygens (including phenoxy) is 1. The highest BCUT2D eigenvalue weighted by Crippen LogP contribution is 2.17. The van der Waals surface area contributed by atoms with E-state index in [0.29, 0.717) is 23.7 Å². The van der Waals surface area contributed by atoms with E-state index in [4.69, 9.17) is 21.3 Å². The molecule has 158 valence electrons. The largest absolute Gasteiger partial charge is 0.379 e. The second-order valence-electron chi connectivity index (χ2n) is 7.26. The maximum Gasteiger partial charge on any atom is 0.319 e. The van der Waals surface area contributed by atoms with Crippen LogP contribution in [0.15, 0.2) is 48.5 Å². The fourth-order valence-electron chi connectivity index (χ4n) is 3.63. The van der Waals surface area contributed by atoms with Gasteiger partial charge in [-0.2, -0.15) is 0 Å². The highest BCUT2D eigenvalue weighted by molar-refractivity contribution is 6.30. The summed E-state index contributed by atoms with van der Waals surface area (Å²) in [6, 6.07) is 15.0. The monoisotopic (exact) mass is 427 g/mol. The van der Waals surface area contributed by atoms with Crippen molar-refractivity contribution < 1.29 is 9.53 Å². The zero-order chi connectivity index (χ0) is 20.8. The summed E-state index contributed by atoms with van der Waals surface area (Å²) in [6.07, 6.45) is 0.659. The molecule has 7 nitrogen and oxygen atoms in total. The van der Waals surface area contributed by atoms with Crippen LogP contribution in [0, 0.1) is 0 Å². The first-order chi connectivity index (χ1) is 14.7. The third kappa shape index (κ3) is 5.30. The lowest BCUT2D eigenvalue weighted by Crippen LogP contribution is -2.38. The standard InChI is InChI=1S/C22H26ClN5O2/c23-17-5-7-18(8-6-17)25-22(29)24-10-9-21-26-19-3-1-2-4-20(19)28(21)12-11-27-13-15-30-16-14-27/h1-8H,9-16H2,(H2,24,25,29). The number of aromatic nitrogens is 2. The summed E-state index contributed by atoms with van der Waals surface area (Å²) in [5.74, 6) is 0.983. The molecule has 0 bridgehead atoms. The quantitative estimate of drug-likeness (QED) is 0.606. The van der Waals surface area contributed by atoms with Crippen molar-refractivity contribution >= 4 is 34.4 Å². The Bertz CT molecular complexity index is 983. The fourth-order valence-corrected chi connectivity index (χ4v) is 3.75. The Kier molecular flexibility index (Phi) is 6.84. The van der Waals surface area contributed by atoms with Gasteiger partial charge in [-0.1, -0.05) is 23.7 Å². The Hall–Kier alpha value is -2.61. The predicted octanol–water partition coefficient (Wildman–Crippen LogP) is 3.39. The van der Waals surface area contributed by atoms with Crippen molar-refractivity contribution in [3.05, 3.63) is 59.4 Å². The Morgan fingerprint density at radius 2 is 1.83 bits per heavy atom. The molecule has 1 aliphatic rings. The lowest BCUT2D eigenvalue weighted by molar-refractivity contribution is 0.0364. The molecule has 0 aliphatic carbocycles. The number of rotatable bonds is 7. The van der Waals surface area contributed by atoms with Crippen LogP contribution in [0.5, 0.6) is 0 Å². The molecule has 30 heavy (non-hydrogen) atoms. The molecule has 2 N–H and O–H groups in total. The van der Waals surface area contributed by atoms with Crippen LogP contribution in [0.4, 0.5) is 10.5 Å². The predicted molar refractivity (Wildman–Crippen MR) is 119 cm³/mol. The number of benzene rings is 2. The number of hydrogen-bond acceptors (Lipinski definition) is 4. The van der Waals surface area contributed by atoms with Gasteiger partial charge in [0, 0.05) is 49.9 Å². The van der Waals surface area contributed by atoms with Gasteiger partial charge in [0.15, 0.2) is 0 Å². The van der Waals surface area contributed by atoms with Gasteiger partial charge in [0.25, 0.3) is 0 Å². The van der Waals surface area contributed by atoms with Crippen LogP contribution < -0.4 is 10.6 Å². The molecule has 3 aromatic rings. The molecular formula is C22H26ClN5O2. The molecule has 0 spiro atoms. The average molecular weight is 428 g/mol. The van der Waals surface area contributed by atoms with Crippen LogP contribution >= 0.6 is 11.6 Å². The summed E-state index contributed by atoms with van der Waals surface area (Å²) in [4.78, 5) is 19.4. The van der Waals surface area contributed by atoms with Crippen LogP contribution in [-0.4, -0.2) is 59.9 Å². The number of anilines is 1. The van der Waals surface area contributed by atoms with E-state index in [1.54, 1.807) is 24.3 Å². The van der Waals surface area contributed by atoms with Crippen LogP contribution in [0.2, 0.25) is 5.02 Å².